The lowest BCUT2D eigenvalue weighted by Crippen LogP contribution is -2.26. The number of hydrogen-bond donors (Lipinski definition) is 1. The van der Waals surface area contributed by atoms with E-state index < -0.39 is 10.0 Å². The van der Waals surface area contributed by atoms with Crippen molar-refractivity contribution in [3.05, 3.63) is 71.7 Å². The van der Waals surface area contributed by atoms with Gasteiger partial charge in [0.2, 0.25) is 10.0 Å². The van der Waals surface area contributed by atoms with Crippen molar-refractivity contribution in [1.82, 2.24) is 9.29 Å². The lowest BCUT2D eigenvalue weighted by atomic mass is 9.90. The second-order valence-corrected chi connectivity index (χ2v) is 8.65. The van der Waals surface area contributed by atoms with Crippen LogP contribution in [-0.4, -0.2) is 25.5 Å². The number of aromatic nitrogens is 1. The summed E-state index contributed by atoms with van der Waals surface area (Å²) in [7, 11) is -3.59. The Kier molecular flexibility index (Phi) is 5.89. The van der Waals surface area contributed by atoms with Crippen LogP contribution in [0.3, 0.4) is 0 Å². The van der Waals surface area contributed by atoms with Gasteiger partial charge in [0.15, 0.2) is 0 Å². The first-order chi connectivity index (χ1) is 12.5. The second kappa shape index (κ2) is 8.00. The first-order valence-corrected chi connectivity index (χ1v) is 10.4. The molecule has 1 aliphatic rings. The lowest BCUT2D eigenvalue weighted by Gasteiger charge is -2.22. The molecular formula is C20H22ClFN2O2S. The minimum Gasteiger partial charge on any atom is -0.317 e. The molecule has 0 unspecified atom stereocenters. The van der Waals surface area contributed by atoms with E-state index in [0.29, 0.717) is 10.9 Å². The van der Waals surface area contributed by atoms with Gasteiger partial charge in [-0.25, -0.2) is 16.8 Å². The van der Waals surface area contributed by atoms with Crippen molar-refractivity contribution >= 4 is 33.3 Å². The lowest BCUT2D eigenvalue weighted by molar-refractivity contribution is 0.462. The van der Waals surface area contributed by atoms with E-state index in [0.717, 1.165) is 37.1 Å². The molecule has 1 saturated heterocycles. The molecule has 0 atom stereocenters. The number of nitrogens with zero attached hydrogens (tertiary/aromatic N) is 1. The van der Waals surface area contributed by atoms with E-state index >= 15 is 0 Å². The summed E-state index contributed by atoms with van der Waals surface area (Å²) in [4.78, 5) is 0. The fourth-order valence-electron chi connectivity index (χ4n) is 3.74. The van der Waals surface area contributed by atoms with Gasteiger partial charge in [0.05, 0.1) is 11.3 Å². The number of piperidine rings is 1. The molecule has 3 aromatic rings. The number of benzene rings is 2. The highest BCUT2D eigenvalue weighted by molar-refractivity contribution is 7.89. The van der Waals surface area contributed by atoms with Gasteiger partial charge in [-0.15, -0.1) is 12.4 Å². The van der Waals surface area contributed by atoms with Crippen molar-refractivity contribution in [3.63, 3.8) is 0 Å². The molecule has 144 valence electrons. The summed E-state index contributed by atoms with van der Waals surface area (Å²) in [5.41, 5.74) is 2.22. The number of fused-ring (bicyclic) bond motifs is 1. The summed E-state index contributed by atoms with van der Waals surface area (Å²) < 4.78 is 41.3. The molecule has 4 rings (SSSR count). The summed E-state index contributed by atoms with van der Waals surface area (Å²) in [5.74, 6) is -0.180. The number of halogens is 2. The summed E-state index contributed by atoms with van der Waals surface area (Å²) >= 11 is 0. The van der Waals surface area contributed by atoms with E-state index in [1.165, 1.54) is 16.1 Å². The maximum absolute atomic E-state index is 13.9. The van der Waals surface area contributed by atoms with Crippen LogP contribution in [0.5, 0.6) is 0 Å². The highest BCUT2D eigenvalue weighted by Gasteiger charge is 2.24. The summed E-state index contributed by atoms with van der Waals surface area (Å²) in [6.07, 6.45) is 3.56. The van der Waals surface area contributed by atoms with Gasteiger partial charge in [-0.05, 0) is 61.2 Å². The predicted molar refractivity (Wildman–Crippen MR) is 108 cm³/mol. The molecule has 0 radical (unpaired) electrons. The average Bonchev–Trinajstić information content (AvgIpc) is 3.02. The van der Waals surface area contributed by atoms with Gasteiger partial charge in [0, 0.05) is 11.6 Å². The normalized spacial score (nSPS) is 15.6. The van der Waals surface area contributed by atoms with Crippen LogP contribution in [0.25, 0.3) is 10.9 Å². The minimum atomic E-state index is -3.59. The van der Waals surface area contributed by atoms with Crippen LogP contribution in [0.1, 0.15) is 29.9 Å². The molecule has 4 nitrogen and oxygen atoms in total. The molecule has 1 fully saturated rings. The molecule has 1 aliphatic heterocycles. The Morgan fingerprint density at radius 1 is 1.07 bits per heavy atom. The maximum Gasteiger partial charge on any atom is 0.243 e. The molecule has 1 N–H and O–H groups in total. The Balaban J connectivity index is 0.00000210. The van der Waals surface area contributed by atoms with Gasteiger partial charge in [-0.2, -0.15) is 0 Å². The van der Waals surface area contributed by atoms with Crippen molar-refractivity contribution in [2.45, 2.75) is 24.5 Å². The molecular weight excluding hydrogens is 387 g/mol. The molecule has 0 amide bonds. The fourth-order valence-corrected chi connectivity index (χ4v) is 5.23. The van der Waals surface area contributed by atoms with Crippen LogP contribution in [0.2, 0.25) is 0 Å². The van der Waals surface area contributed by atoms with Gasteiger partial charge in [-0.1, -0.05) is 30.3 Å². The van der Waals surface area contributed by atoms with Gasteiger partial charge in [-0.3, -0.25) is 0 Å². The van der Waals surface area contributed by atoms with Crippen molar-refractivity contribution in [3.8, 4) is 0 Å². The van der Waals surface area contributed by atoms with Crippen LogP contribution in [-0.2, 0) is 15.8 Å². The van der Waals surface area contributed by atoms with Gasteiger partial charge in [0.1, 0.15) is 5.82 Å². The first kappa shape index (κ1) is 19.9. The zero-order valence-corrected chi connectivity index (χ0v) is 16.4. The monoisotopic (exact) mass is 408 g/mol. The summed E-state index contributed by atoms with van der Waals surface area (Å²) in [6.45, 7) is 1.78. The van der Waals surface area contributed by atoms with E-state index in [2.05, 4.69) is 5.32 Å². The smallest absolute Gasteiger partial charge is 0.243 e. The van der Waals surface area contributed by atoms with Gasteiger partial charge >= 0.3 is 0 Å². The highest BCUT2D eigenvalue weighted by atomic mass is 35.5. The fraction of sp³-hybridized carbons (Fsp3) is 0.300. The highest BCUT2D eigenvalue weighted by Crippen LogP contribution is 2.34. The Labute approximate surface area is 164 Å². The Morgan fingerprint density at radius 3 is 2.48 bits per heavy atom. The molecule has 0 aliphatic carbocycles. The first-order valence-electron chi connectivity index (χ1n) is 8.83. The topological polar surface area (TPSA) is 51.1 Å². The maximum atomic E-state index is 13.9. The largest absolute Gasteiger partial charge is 0.317 e. The van der Waals surface area contributed by atoms with Crippen LogP contribution in [0.4, 0.5) is 4.39 Å². The molecule has 2 heterocycles. The van der Waals surface area contributed by atoms with Gasteiger partial charge < -0.3 is 5.32 Å². The van der Waals surface area contributed by atoms with Gasteiger partial charge in [0.25, 0.3) is 0 Å². The van der Waals surface area contributed by atoms with Crippen molar-refractivity contribution in [1.29, 1.82) is 0 Å². The van der Waals surface area contributed by atoms with Crippen LogP contribution in [0.15, 0.2) is 54.7 Å². The molecule has 1 aromatic heterocycles. The second-order valence-electron chi connectivity index (χ2n) is 6.81. The number of hydrogen-bond acceptors (Lipinski definition) is 3. The molecule has 27 heavy (non-hydrogen) atoms. The quantitative estimate of drug-likeness (QED) is 0.708. The number of rotatable bonds is 4. The van der Waals surface area contributed by atoms with E-state index in [9.17, 15) is 12.8 Å². The average molecular weight is 409 g/mol. The van der Waals surface area contributed by atoms with Crippen LogP contribution in [0, 0.1) is 5.82 Å². The van der Waals surface area contributed by atoms with Crippen molar-refractivity contribution in [2.24, 2.45) is 0 Å². The standard InChI is InChI=1S/C20H21FN2O2S.ClH/c21-17-6-7-20-18(12-17)19(16-8-10-22-11-9-16)13-23(20)26(24,25)14-15-4-2-1-3-5-15;/h1-7,12-13,16,22H,8-11,14H2;1H. The van der Waals surface area contributed by atoms with Crippen LogP contribution >= 0.6 is 12.4 Å². The third-order valence-corrected chi connectivity index (χ3v) is 6.63. The van der Waals surface area contributed by atoms with Crippen LogP contribution < -0.4 is 5.32 Å². The van der Waals surface area contributed by atoms with Crippen molar-refractivity contribution < 1.29 is 12.8 Å². The van der Waals surface area contributed by atoms with E-state index in [1.807, 2.05) is 18.2 Å². The SMILES string of the molecule is Cl.O=S(=O)(Cc1ccccc1)n1cc(C2CCNCC2)c2cc(F)ccc21. The molecule has 0 bridgehead atoms. The molecule has 7 heteroatoms. The molecule has 0 spiro atoms. The molecule has 0 saturated carbocycles. The van der Waals surface area contributed by atoms with E-state index in [-0.39, 0.29) is 29.9 Å². The zero-order chi connectivity index (χ0) is 18.1. The molecule has 2 aromatic carbocycles. The van der Waals surface area contributed by atoms with E-state index in [1.54, 1.807) is 24.4 Å². The third kappa shape index (κ3) is 4.03. The minimum absolute atomic E-state index is 0. The van der Waals surface area contributed by atoms with Crippen molar-refractivity contribution in [2.75, 3.05) is 13.1 Å². The summed E-state index contributed by atoms with van der Waals surface area (Å²) in [5, 5.41) is 4.02. The Morgan fingerprint density at radius 2 is 1.78 bits per heavy atom. The van der Waals surface area contributed by atoms with E-state index in [4.69, 9.17) is 0 Å². The summed E-state index contributed by atoms with van der Waals surface area (Å²) in [6, 6.07) is 13.5. The predicted octanol–water partition coefficient (Wildman–Crippen LogP) is 4.05. The zero-order valence-electron chi connectivity index (χ0n) is 14.8. The number of nitrogens with one attached hydrogen (secondary N) is 1. The Bertz CT molecular complexity index is 1030. The third-order valence-electron chi connectivity index (χ3n) is 5.03. The Hall–Kier alpha value is -1.89.